The van der Waals surface area contributed by atoms with E-state index in [9.17, 15) is 10.1 Å². The van der Waals surface area contributed by atoms with Crippen LogP contribution in [-0.2, 0) is 0 Å². The van der Waals surface area contributed by atoms with Crippen molar-refractivity contribution in [2.45, 2.75) is 5.92 Å². The monoisotopic (exact) mass is 552 g/mol. The molecule has 10 heteroatoms. The molecule has 0 bridgehead atoms. The summed E-state index contributed by atoms with van der Waals surface area (Å²) in [6.07, 6.45) is 0. The van der Waals surface area contributed by atoms with E-state index in [4.69, 9.17) is 47.9 Å². The number of carbonyl (C=O) groups is 1. The standard InChI is InChI=1S/C27H18Cl2N2O5S/c1-33-19-5-3-4-17(24(19)34-2)22-15-9-7-14(11-20(15)36-26(31)18(22)12-30)35-27(32)25-23(29)16-8-6-13(28)10-21(16)37-25/h3-11,22H,31H2,1-2H3. The second-order valence-electron chi connectivity index (χ2n) is 7.98. The van der Waals surface area contributed by atoms with Crippen molar-refractivity contribution in [1.82, 2.24) is 0 Å². The van der Waals surface area contributed by atoms with Gasteiger partial charge in [0.15, 0.2) is 11.5 Å². The Labute approximate surface area is 226 Å². The first-order valence-corrected chi connectivity index (χ1v) is 12.5. The van der Waals surface area contributed by atoms with Gasteiger partial charge in [-0.05, 0) is 24.3 Å². The van der Waals surface area contributed by atoms with Crippen molar-refractivity contribution in [2.24, 2.45) is 5.73 Å². The smallest absolute Gasteiger partial charge is 0.355 e. The minimum absolute atomic E-state index is 0.0576. The highest BCUT2D eigenvalue weighted by atomic mass is 35.5. The lowest BCUT2D eigenvalue weighted by atomic mass is 9.83. The number of nitrogens with zero attached hydrogens (tertiary/aromatic N) is 1. The molecule has 0 saturated heterocycles. The Bertz CT molecular complexity index is 1640. The zero-order valence-corrected chi connectivity index (χ0v) is 21.8. The molecule has 2 heterocycles. The largest absolute Gasteiger partial charge is 0.493 e. The third-order valence-electron chi connectivity index (χ3n) is 5.92. The molecule has 0 amide bonds. The summed E-state index contributed by atoms with van der Waals surface area (Å²) in [6.45, 7) is 0. The lowest BCUT2D eigenvalue weighted by Gasteiger charge is -2.28. The maximum atomic E-state index is 13.0. The molecule has 2 N–H and O–H groups in total. The van der Waals surface area contributed by atoms with Gasteiger partial charge in [0.2, 0.25) is 5.88 Å². The minimum atomic E-state index is -0.620. The van der Waals surface area contributed by atoms with E-state index in [0.717, 1.165) is 4.70 Å². The number of ether oxygens (including phenoxy) is 4. The van der Waals surface area contributed by atoms with E-state index in [2.05, 4.69) is 6.07 Å². The average Bonchev–Trinajstić information content (AvgIpc) is 3.22. The molecule has 4 aromatic rings. The fourth-order valence-electron chi connectivity index (χ4n) is 4.28. The fraction of sp³-hybridized carbons (Fsp3) is 0.111. The predicted molar refractivity (Wildman–Crippen MR) is 142 cm³/mol. The number of esters is 1. The van der Waals surface area contributed by atoms with E-state index in [1.54, 1.807) is 48.5 Å². The molecular formula is C27H18Cl2N2O5S. The molecule has 1 unspecified atom stereocenters. The minimum Gasteiger partial charge on any atom is -0.493 e. The van der Waals surface area contributed by atoms with Gasteiger partial charge in [0.05, 0.1) is 25.2 Å². The molecule has 37 heavy (non-hydrogen) atoms. The first-order valence-electron chi connectivity index (χ1n) is 10.9. The van der Waals surface area contributed by atoms with Crippen molar-refractivity contribution in [3.8, 4) is 29.1 Å². The van der Waals surface area contributed by atoms with Crippen LogP contribution in [0.2, 0.25) is 10.0 Å². The Morgan fingerprint density at radius 3 is 2.62 bits per heavy atom. The number of hydrogen-bond acceptors (Lipinski definition) is 8. The highest BCUT2D eigenvalue weighted by Gasteiger charge is 2.34. The molecule has 0 spiro atoms. The van der Waals surface area contributed by atoms with E-state index >= 15 is 0 Å². The number of rotatable bonds is 5. The lowest BCUT2D eigenvalue weighted by molar-refractivity contribution is 0.0740. The molecule has 0 fully saturated rings. The quantitative estimate of drug-likeness (QED) is 0.218. The van der Waals surface area contributed by atoms with Crippen LogP contribution in [0.5, 0.6) is 23.0 Å². The summed E-state index contributed by atoms with van der Waals surface area (Å²) in [7, 11) is 3.06. The van der Waals surface area contributed by atoms with E-state index in [1.165, 1.54) is 25.6 Å². The molecule has 0 radical (unpaired) electrons. The SMILES string of the molecule is COc1cccc(C2C(C#N)=C(N)Oc3cc(OC(=O)c4sc5cc(Cl)ccc5c4Cl)ccc32)c1OC. The normalized spacial score (nSPS) is 14.5. The van der Waals surface area contributed by atoms with Gasteiger partial charge in [-0.15, -0.1) is 11.3 Å². The van der Waals surface area contributed by atoms with Gasteiger partial charge >= 0.3 is 5.97 Å². The topological polar surface area (TPSA) is 104 Å². The average molecular weight is 553 g/mol. The molecule has 1 aromatic heterocycles. The van der Waals surface area contributed by atoms with Gasteiger partial charge in [0.25, 0.3) is 0 Å². The number of methoxy groups -OCH3 is 2. The second-order valence-corrected chi connectivity index (χ2v) is 9.85. The Balaban J connectivity index is 1.53. The fourth-order valence-corrected chi connectivity index (χ4v) is 5.94. The maximum absolute atomic E-state index is 13.0. The van der Waals surface area contributed by atoms with Crippen LogP contribution >= 0.6 is 34.5 Å². The summed E-state index contributed by atoms with van der Waals surface area (Å²) in [5.74, 6) is 0.272. The molecule has 186 valence electrons. The number of halogens is 2. The van der Waals surface area contributed by atoms with Gasteiger partial charge in [0, 0.05) is 32.3 Å². The number of hydrogen-bond donors (Lipinski definition) is 1. The molecule has 7 nitrogen and oxygen atoms in total. The van der Waals surface area contributed by atoms with Crippen molar-refractivity contribution in [3.63, 3.8) is 0 Å². The predicted octanol–water partition coefficient (Wildman–Crippen LogP) is 6.66. The third kappa shape index (κ3) is 4.31. The maximum Gasteiger partial charge on any atom is 0.355 e. The van der Waals surface area contributed by atoms with Crippen LogP contribution in [0.3, 0.4) is 0 Å². The van der Waals surface area contributed by atoms with Crippen molar-refractivity contribution >= 4 is 50.6 Å². The molecule has 5 rings (SSSR count). The Morgan fingerprint density at radius 2 is 1.89 bits per heavy atom. The Kier molecular flexibility index (Phi) is 6.61. The van der Waals surface area contributed by atoms with Crippen molar-refractivity contribution in [3.05, 3.63) is 92.1 Å². The first kappa shape index (κ1) is 24.8. The first-order chi connectivity index (χ1) is 17.9. The number of carbonyl (C=O) groups excluding carboxylic acids is 1. The second kappa shape index (κ2) is 9.87. The zero-order valence-electron chi connectivity index (χ0n) is 19.5. The van der Waals surface area contributed by atoms with E-state index in [0.29, 0.717) is 43.8 Å². The van der Waals surface area contributed by atoms with Crippen molar-refractivity contribution in [2.75, 3.05) is 14.2 Å². The number of allylic oxidation sites excluding steroid dienone is 1. The summed E-state index contributed by atoms with van der Waals surface area (Å²) in [5, 5.41) is 11.4. The molecule has 1 atom stereocenters. The van der Waals surface area contributed by atoms with E-state index in [1.807, 2.05) is 6.07 Å². The van der Waals surface area contributed by atoms with Crippen LogP contribution in [0.25, 0.3) is 10.1 Å². The van der Waals surface area contributed by atoms with Crippen LogP contribution in [0.15, 0.2) is 66.1 Å². The molecule has 0 saturated carbocycles. The number of benzene rings is 3. The van der Waals surface area contributed by atoms with Crippen LogP contribution in [0, 0.1) is 11.3 Å². The van der Waals surface area contributed by atoms with Gasteiger partial charge in [-0.2, -0.15) is 5.26 Å². The van der Waals surface area contributed by atoms with Gasteiger partial charge in [-0.3, -0.25) is 0 Å². The van der Waals surface area contributed by atoms with Crippen LogP contribution in [0.4, 0.5) is 0 Å². The molecule has 3 aromatic carbocycles. The number of fused-ring (bicyclic) bond motifs is 2. The number of nitriles is 1. The van der Waals surface area contributed by atoms with Gasteiger partial charge < -0.3 is 24.7 Å². The van der Waals surface area contributed by atoms with E-state index in [-0.39, 0.29) is 22.1 Å². The summed E-state index contributed by atoms with van der Waals surface area (Å²) >= 11 is 13.7. The van der Waals surface area contributed by atoms with E-state index < -0.39 is 11.9 Å². The highest BCUT2D eigenvalue weighted by molar-refractivity contribution is 7.21. The number of thiophene rings is 1. The highest BCUT2D eigenvalue weighted by Crippen LogP contribution is 2.48. The Hall–Kier alpha value is -3.90. The Morgan fingerprint density at radius 1 is 1.08 bits per heavy atom. The summed E-state index contributed by atoms with van der Waals surface area (Å²) in [6, 6.07) is 17.6. The molecule has 1 aliphatic heterocycles. The van der Waals surface area contributed by atoms with Gasteiger partial charge in [-0.1, -0.05) is 47.5 Å². The third-order valence-corrected chi connectivity index (χ3v) is 7.79. The number of nitrogens with two attached hydrogens (primary N) is 1. The van der Waals surface area contributed by atoms with Crippen LogP contribution in [-0.4, -0.2) is 20.2 Å². The van der Waals surface area contributed by atoms with Crippen LogP contribution < -0.4 is 24.7 Å². The molecule has 0 aliphatic carbocycles. The summed E-state index contributed by atoms with van der Waals surface area (Å²) in [4.78, 5) is 13.2. The molecule has 1 aliphatic rings. The zero-order chi connectivity index (χ0) is 26.3. The van der Waals surface area contributed by atoms with Gasteiger partial charge in [-0.25, -0.2) is 4.79 Å². The van der Waals surface area contributed by atoms with Crippen molar-refractivity contribution < 1.29 is 23.7 Å². The summed E-state index contributed by atoms with van der Waals surface area (Å²) < 4.78 is 23.2. The molecular weight excluding hydrogens is 535 g/mol. The van der Waals surface area contributed by atoms with Crippen LogP contribution in [0.1, 0.15) is 26.7 Å². The summed E-state index contributed by atoms with van der Waals surface area (Å²) in [5.41, 5.74) is 7.68. The number of para-hydroxylation sites is 1. The van der Waals surface area contributed by atoms with Crippen molar-refractivity contribution in [1.29, 1.82) is 5.26 Å². The van der Waals surface area contributed by atoms with Gasteiger partial charge in [0.1, 0.15) is 28.0 Å². The lowest BCUT2D eigenvalue weighted by Crippen LogP contribution is -2.21.